The number of urea groups is 1. The highest BCUT2D eigenvalue weighted by atomic mass is 16.6. The maximum atomic E-state index is 12.5. The van der Waals surface area contributed by atoms with Gasteiger partial charge in [0.25, 0.3) is 0 Å². The molecular formula is C68H96N8O14. The Labute approximate surface area is 531 Å². The van der Waals surface area contributed by atoms with Gasteiger partial charge in [-0.1, -0.05) is 49.5 Å². The van der Waals surface area contributed by atoms with Gasteiger partial charge in [-0.25, -0.2) is 14.4 Å². The molecule has 0 saturated carbocycles. The highest BCUT2D eigenvalue weighted by Gasteiger charge is 2.35. The summed E-state index contributed by atoms with van der Waals surface area (Å²) in [4.78, 5) is 79.9. The van der Waals surface area contributed by atoms with Crippen molar-refractivity contribution in [3.8, 4) is 23.3 Å². The number of imide groups is 1. The first kappa shape index (κ1) is 71.6. The van der Waals surface area contributed by atoms with Gasteiger partial charge in [0.1, 0.15) is 29.5 Å². The monoisotopic (exact) mass is 1250 g/mol. The van der Waals surface area contributed by atoms with Crippen LogP contribution in [0.4, 0.5) is 26.7 Å². The molecule has 22 nitrogen and oxygen atoms in total. The van der Waals surface area contributed by atoms with Gasteiger partial charge >= 0.3 is 18.1 Å². The first-order valence-corrected chi connectivity index (χ1v) is 31.5. The van der Waals surface area contributed by atoms with Crippen molar-refractivity contribution in [2.24, 2.45) is 5.41 Å². The molecule has 3 aromatic carbocycles. The standard InChI is InChI=1S/C23H30N4O.C23H33NO8.C22H33N3O5/c1-19-25-22(28)8-16-27(19)21-6-4-20(5-7-21)3-2-15-26-17-11-23(12-18-26)9-13-24-14-10-23;1-17-4-5-24(22(25)14-17)20-15-19(23(26)27)16-21(18(20)2)32-13-12-31-11-10-30-9-8-29-7-6-28-3;1-22(2,3)30-21(28)24(4)13-7-5-6-8-15-29-18-11-9-10-17(16-18)25-14-12-19(26)23-20(25)27/h4-7,24H,1,8-18H2,(H,25,28);15-16H,1,4-14H2,2-3H3,(H,26,27);9-11,16H,5-8,12-15H2,1-4H3,(H,23,26,27). The second-order valence-electron chi connectivity index (χ2n) is 24.0. The molecule has 0 atom stereocenters. The molecule has 1 spiro atoms. The molecule has 5 fully saturated rings. The third-order valence-corrected chi connectivity index (χ3v) is 15.9. The fourth-order valence-electron chi connectivity index (χ4n) is 10.7. The fourth-order valence-corrected chi connectivity index (χ4v) is 10.7. The molecule has 22 heteroatoms. The first-order chi connectivity index (χ1) is 43.2. The summed E-state index contributed by atoms with van der Waals surface area (Å²) >= 11 is 0. The lowest BCUT2D eigenvalue weighted by molar-refractivity contribution is -0.121. The molecule has 5 heterocycles. The molecule has 5 aliphatic heterocycles. The van der Waals surface area contributed by atoms with Crippen molar-refractivity contribution in [2.45, 2.75) is 110 Å². The maximum absolute atomic E-state index is 12.5. The van der Waals surface area contributed by atoms with Crippen molar-refractivity contribution >= 4 is 52.9 Å². The third-order valence-electron chi connectivity index (χ3n) is 15.9. The number of unbranched alkanes of at least 4 members (excludes halogenated alkanes) is 3. The second-order valence-corrected chi connectivity index (χ2v) is 24.0. The largest absolute Gasteiger partial charge is 0.494 e. The number of amides is 6. The lowest BCUT2D eigenvalue weighted by Crippen LogP contribution is -2.49. The topological polar surface area (TPSA) is 240 Å². The van der Waals surface area contributed by atoms with Gasteiger partial charge < -0.3 is 63.6 Å². The van der Waals surface area contributed by atoms with E-state index in [4.69, 9.17) is 33.2 Å². The van der Waals surface area contributed by atoms with Crippen LogP contribution in [0.25, 0.3) is 0 Å². The van der Waals surface area contributed by atoms with Crippen LogP contribution in [0.3, 0.4) is 0 Å². The Balaban J connectivity index is 0.000000215. The molecule has 0 radical (unpaired) electrons. The van der Waals surface area contributed by atoms with E-state index in [0.29, 0.717) is 138 Å². The van der Waals surface area contributed by atoms with Crippen molar-refractivity contribution in [3.63, 3.8) is 0 Å². The predicted octanol–water partition coefficient (Wildman–Crippen LogP) is 8.69. The van der Waals surface area contributed by atoms with Crippen LogP contribution in [0.5, 0.6) is 11.5 Å². The molecule has 0 bridgehead atoms. The van der Waals surface area contributed by atoms with Crippen LogP contribution in [-0.2, 0) is 38.1 Å². The zero-order valence-corrected chi connectivity index (χ0v) is 53.9. The minimum atomic E-state index is -1.08. The molecule has 6 amide bonds. The van der Waals surface area contributed by atoms with E-state index in [0.717, 1.165) is 49.1 Å². The summed E-state index contributed by atoms with van der Waals surface area (Å²) in [7, 11) is 3.37. The highest BCUT2D eigenvalue weighted by molar-refractivity contribution is 6.05. The summed E-state index contributed by atoms with van der Waals surface area (Å²) in [6.07, 6.45) is 10.6. The summed E-state index contributed by atoms with van der Waals surface area (Å²) in [5.74, 6) is 7.03. The van der Waals surface area contributed by atoms with Gasteiger partial charge in [0.15, 0.2) is 0 Å². The van der Waals surface area contributed by atoms with Crippen molar-refractivity contribution < 1.29 is 67.0 Å². The van der Waals surface area contributed by atoms with Crippen LogP contribution >= 0.6 is 0 Å². The molecule has 8 rings (SSSR count). The van der Waals surface area contributed by atoms with Gasteiger partial charge in [-0.2, -0.15) is 0 Å². The quantitative estimate of drug-likeness (QED) is 0.0334. The lowest BCUT2D eigenvalue weighted by atomic mass is 9.71. The number of methoxy groups -OCH3 is 1. The molecule has 3 aromatic rings. The number of carbonyl (C=O) groups is 6. The van der Waals surface area contributed by atoms with Crippen LogP contribution in [0, 0.1) is 24.2 Å². The Morgan fingerprint density at radius 2 is 1.33 bits per heavy atom. The van der Waals surface area contributed by atoms with Crippen molar-refractivity contribution in [1.29, 1.82) is 0 Å². The second kappa shape index (κ2) is 37.0. The van der Waals surface area contributed by atoms with Gasteiger partial charge in [0.2, 0.25) is 17.7 Å². The van der Waals surface area contributed by atoms with Crippen LogP contribution in [0.2, 0.25) is 0 Å². The van der Waals surface area contributed by atoms with Gasteiger partial charge in [-0.15, -0.1) is 0 Å². The Bertz CT molecular complexity index is 2920. The zero-order valence-electron chi connectivity index (χ0n) is 53.9. The number of carboxylic acid groups (broad SMARTS) is 1. The molecule has 0 unspecified atom stereocenters. The number of piperidine rings is 3. The van der Waals surface area contributed by atoms with Crippen LogP contribution in [0.15, 0.2) is 85.2 Å². The molecular weight excluding hydrogens is 1150 g/mol. The van der Waals surface area contributed by atoms with E-state index in [1.165, 1.54) is 68.9 Å². The minimum absolute atomic E-state index is 0.0347. The minimum Gasteiger partial charge on any atom is -0.494 e. The van der Waals surface area contributed by atoms with E-state index in [9.17, 15) is 33.9 Å². The van der Waals surface area contributed by atoms with E-state index in [1.807, 2.05) is 69.0 Å². The Hall–Kier alpha value is -7.52. The Morgan fingerprint density at radius 1 is 0.700 bits per heavy atom. The molecule has 90 heavy (non-hydrogen) atoms. The number of hydrogen-bond acceptors (Lipinski definition) is 16. The van der Waals surface area contributed by atoms with E-state index in [1.54, 1.807) is 24.0 Å². The third kappa shape index (κ3) is 24.4. The number of rotatable bonds is 26. The van der Waals surface area contributed by atoms with Crippen molar-refractivity contribution in [1.82, 2.24) is 25.8 Å². The van der Waals surface area contributed by atoms with Gasteiger partial charge in [-0.05, 0) is 153 Å². The van der Waals surface area contributed by atoms with Crippen molar-refractivity contribution in [3.05, 3.63) is 102 Å². The fraction of sp³-hybridized carbons (Fsp3) is 0.559. The SMILES string of the molecule is C=C1CCN(c2cc(C(=O)O)cc(OCCOCCOCCOCCOC)c2C)C(=O)C1.C=C1NC(=O)CCN1c1ccc(C#CCN2CCC3(CCNCC3)CC2)cc1.CN(CCCCCCOc1cccc(N2CCC(=O)NC2=O)c1)C(=O)OC(C)(C)C. The number of hydrogen-bond donors (Lipinski definition) is 4. The summed E-state index contributed by atoms with van der Waals surface area (Å²) in [6, 6.07) is 18.1. The number of carboxylic acids is 1. The number of nitrogens with zero attached hydrogens (tertiary/aromatic N) is 5. The number of benzene rings is 3. The smallest absolute Gasteiger partial charge is 0.410 e. The van der Waals surface area contributed by atoms with E-state index in [-0.39, 0.29) is 42.4 Å². The molecule has 492 valence electrons. The number of anilines is 3. The average Bonchev–Trinajstić information content (AvgIpc) is 1.00. The Morgan fingerprint density at radius 3 is 1.97 bits per heavy atom. The first-order valence-electron chi connectivity index (χ1n) is 31.5. The number of ether oxygens (including phenoxy) is 7. The predicted molar refractivity (Wildman–Crippen MR) is 346 cm³/mol. The van der Waals surface area contributed by atoms with Gasteiger partial charge in [0, 0.05) is 88.2 Å². The number of nitrogens with one attached hydrogen (secondary N) is 3. The van der Waals surface area contributed by atoms with Crippen LogP contribution < -0.4 is 40.1 Å². The number of likely N-dealkylation sites (tertiary alicyclic amines) is 1. The normalized spacial score (nSPS) is 16.8. The Kier molecular flexibility index (Phi) is 29.4. The number of aromatic carboxylic acids is 1. The van der Waals surface area contributed by atoms with Gasteiger partial charge in [-0.3, -0.25) is 29.5 Å². The summed E-state index contributed by atoms with van der Waals surface area (Å²) < 4.78 is 38.0. The molecule has 0 aliphatic carbocycles. The van der Waals surface area contributed by atoms with E-state index >= 15 is 0 Å². The highest BCUT2D eigenvalue weighted by Crippen LogP contribution is 2.39. The molecule has 0 aromatic heterocycles. The lowest BCUT2D eigenvalue weighted by Gasteiger charge is -2.44. The molecule has 4 N–H and O–H groups in total. The van der Waals surface area contributed by atoms with Gasteiger partial charge in [0.05, 0.1) is 70.7 Å². The molecule has 5 aliphatic rings. The number of carbonyl (C=O) groups excluding carboxylic acids is 5. The summed E-state index contributed by atoms with van der Waals surface area (Å²) in [5, 5.41) is 18.1. The maximum Gasteiger partial charge on any atom is 0.410 e. The summed E-state index contributed by atoms with van der Waals surface area (Å²) in [5.41, 5.74) is 5.13. The summed E-state index contributed by atoms with van der Waals surface area (Å²) in [6.45, 7) is 27.0. The van der Waals surface area contributed by atoms with E-state index in [2.05, 4.69) is 58.0 Å². The average molecular weight is 1250 g/mol. The van der Waals surface area contributed by atoms with Crippen molar-refractivity contribution in [2.75, 3.05) is 147 Å². The zero-order chi connectivity index (χ0) is 64.9. The molecule has 5 saturated heterocycles. The van der Waals surface area contributed by atoms with E-state index < -0.39 is 17.6 Å². The van der Waals surface area contributed by atoms with Crippen LogP contribution in [-0.4, -0.2) is 189 Å². The van der Waals surface area contributed by atoms with Crippen LogP contribution in [0.1, 0.15) is 119 Å².